The highest BCUT2D eigenvalue weighted by atomic mass is 16.3. The number of rotatable bonds is 5. The second-order valence-corrected chi connectivity index (χ2v) is 6.93. The van der Waals surface area contributed by atoms with Crippen molar-refractivity contribution in [2.75, 3.05) is 6.54 Å². The topological polar surface area (TPSA) is 41.3 Å². The number of nitrogens with zero attached hydrogens (tertiary/aromatic N) is 3. The van der Waals surface area contributed by atoms with E-state index in [4.69, 9.17) is 5.10 Å². The number of hydrogen-bond acceptors (Lipinski definition) is 3. The van der Waals surface area contributed by atoms with Crippen molar-refractivity contribution in [3.8, 4) is 0 Å². The van der Waals surface area contributed by atoms with Crippen LogP contribution in [0.25, 0.3) is 0 Å². The fourth-order valence-corrected chi connectivity index (χ4v) is 3.97. The number of aromatic nitrogens is 2. The molecule has 1 aromatic heterocycles. The zero-order valence-corrected chi connectivity index (χ0v) is 13.2. The van der Waals surface area contributed by atoms with E-state index in [0.29, 0.717) is 12.1 Å². The van der Waals surface area contributed by atoms with Gasteiger partial charge in [0, 0.05) is 18.8 Å². The molecule has 1 aromatic rings. The van der Waals surface area contributed by atoms with E-state index in [9.17, 15) is 5.11 Å². The van der Waals surface area contributed by atoms with Crippen LogP contribution in [0, 0.1) is 0 Å². The lowest BCUT2D eigenvalue weighted by molar-refractivity contribution is 0.0807. The molecule has 0 bridgehead atoms. The molecule has 2 aliphatic rings. The van der Waals surface area contributed by atoms with Gasteiger partial charge in [-0.1, -0.05) is 19.3 Å². The second-order valence-electron chi connectivity index (χ2n) is 6.93. The molecule has 2 heterocycles. The van der Waals surface area contributed by atoms with E-state index in [1.165, 1.54) is 50.6 Å². The zero-order chi connectivity index (χ0) is 14.7. The molecule has 2 atom stereocenters. The highest BCUT2D eigenvalue weighted by Gasteiger charge is 2.25. The van der Waals surface area contributed by atoms with Gasteiger partial charge in [-0.2, -0.15) is 5.10 Å². The van der Waals surface area contributed by atoms with E-state index in [2.05, 4.69) is 21.8 Å². The Balaban J connectivity index is 1.61. The molecule has 2 fully saturated rings. The first-order chi connectivity index (χ1) is 10.2. The highest BCUT2D eigenvalue weighted by molar-refractivity contribution is 5.01. The van der Waals surface area contributed by atoms with Gasteiger partial charge in [0.15, 0.2) is 0 Å². The standard InChI is InChI=1S/C17H29N3O/c1-14(21)12-17-8-4-5-10-19(17)13-15-9-11-20(18-15)16-6-2-3-7-16/h9,11,14,16-17,21H,2-8,10,12-13H2,1H3. The van der Waals surface area contributed by atoms with Crippen molar-refractivity contribution in [1.82, 2.24) is 14.7 Å². The Morgan fingerprint density at radius 1 is 1.24 bits per heavy atom. The van der Waals surface area contributed by atoms with E-state index in [1.54, 1.807) is 0 Å². The summed E-state index contributed by atoms with van der Waals surface area (Å²) in [6.45, 7) is 3.99. The minimum Gasteiger partial charge on any atom is -0.393 e. The van der Waals surface area contributed by atoms with Gasteiger partial charge >= 0.3 is 0 Å². The van der Waals surface area contributed by atoms with Gasteiger partial charge in [-0.15, -0.1) is 0 Å². The van der Waals surface area contributed by atoms with Crippen LogP contribution in [0.5, 0.6) is 0 Å². The molecule has 0 aromatic carbocycles. The third-order valence-corrected chi connectivity index (χ3v) is 5.09. The lowest BCUT2D eigenvalue weighted by Gasteiger charge is -2.36. The number of piperidine rings is 1. The third kappa shape index (κ3) is 3.86. The molecule has 1 aliphatic heterocycles. The molecule has 21 heavy (non-hydrogen) atoms. The molecule has 2 unspecified atom stereocenters. The van der Waals surface area contributed by atoms with E-state index >= 15 is 0 Å². The fourth-order valence-electron chi connectivity index (χ4n) is 3.97. The molecule has 1 aliphatic carbocycles. The van der Waals surface area contributed by atoms with Crippen LogP contribution in [0.1, 0.15) is 70.0 Å². The SMILES string of the molecule is CC(O)CC1CCCCN1Cc1ccn(C2CCCC2)n1. The van der Waals surface area contributed by atoms with Crippen LogP contribution in [-0.2, 0) is 6.54 Å². The summed E-state index contributed by atoms with van der Waals surface area (Å²) in [7, 11) is 0. The van der Waals surface area contributed by atoms with Crippen LogP contribution >= 0.6 is 0 Å². The van der Waals surface area contributed by atoms with Gasteiger partial charge in [0.25, 0.3) is 0 Å². The normalized spacial score (nSPS) is 26.3. The van der Waals surface area contributed by atoms with Gasteiger partial charge in [0.05, 0.1) is 17.8 Å². The van der Waals surface area contributed by atoms with Gasteiger partial charge in [-0.05, 0) is 51.6 Å². The summed E-state index contributed by atoms with van der Waals surface area (Å²) in [6.07, 6.45) is 11.9. The van der Waals surface area contributed by atoms with Crippen molar-refractivity contribution in [3.63, 3.8) is 0 Å². The van der Waals surface area contributed by atoms with Gasteiger partial charge in [-0.3, -0.25) is 9.58 Å². The highest BCUT2D eigenvalue weighted by Crippen LogP contribution is 2.29. The van der Waals surface area contributed by atoms with Gasteiger partial charge < -0.3 is 5.11 Å². The van der Waals surface area contributed by atoms with Gasteiger partial charge in [-0.25, -0.2) is 0 Å². The third-order valence-electron chi connectivity index (χ3n) is 5.09. The molecule has 1 saturated heterocycles. The predicted octanol–water partition coefficient (Wildman–Crippen LogP) is 3.12. The average molecular weight is 291 g/mol. The number of aliphatic hydroxyl groups excluding tert-OH is 1. The molecule has 1 N–H and O–H groups in total. The lowest BCUT2D eigenvalue weighted by Crippen LogP contribution is -2.40. The van der Waals surface area contributed by atoms with Gasteiger partial charge in [0.2, 0.25) is 0 Å². The minimum absolute atomic E-state index is 0.202. The monoisotopic (exact) mass is 291 g/mol. The Hall–Kier alpha value is -0.870. The second kappa shape index (κ2) is 6.93. The van der Waals surface area contributed by atoms with Crippen molar-refractivity contribution in [1.29, 1.82) is 0 Å². The molecular weight excluding hydrogens is 262 g/mol. The predicted molar refractivity (Wildman–Crippen MR) is 84.1 cm³/mol. The summed E-state index contributed by atoms with van der Waals surface area (Å²) in [6, 6.07) is 3.34. The van der Waals surface area contributed by atoms with Crippen LogP contribution in [-0.4, -0.2) is 38.5 Å². The van der Waals surface area contributed by atoms with E-state index in [0.717, 1.165) is 19.5 Å². The van der Waals surface area contributed by atoms with Crippen molar-refractivity contribution in [2.24, 2.45) is 0 Å². The summed E-state index contributed by atoms with van der Waals surface area (Å²) < 4.78 is 2.19. The zero-order valence-electron chi connectivity index (χ0n) is 13.2. The van der Waals surface area contributed by atoms with E-state index in [1.807, 2.05) is 6.92 Å². The van der Waals surface area contributed by atoms with E-state index < -0.39 is 0 Å². The molecule has 4 nitrogen and oxygen atoms in total. The Morgan fingerprint density at radius 3 is 2.76 bits per heavy atom. The summed E-state index contributed by atoms with van der Waals surface area (Å²) in [5.74, 6) is 0. The molecule has 3 rings (SSSR count). The number of aliphatic hydroxyl groups is 1. The smallest absolute Gasteiger partial charge is 0.0765 e. The number of hydrogen-bond donors (Lipinski definition) is 1. The largest absolute Gasteiger partial charge is 0.393 e. The van der Waals surface area contributed by atoms with Crippen molar-refractivity contribution in [3.05, 3.63) is 18.0 Å². The summed E-state index contributed by atoms with van der Waals surface area (Å²) in [5, 5.41) is 14.5. The molecule has 0 spiro atoms. The molecule has 0 amide bonds. The maximum Gasteiger partial charge on any atom is 0.0765 e. The van der Waals surface area contributed by atoms with Crippen molar-refractivity contribution < 1.29 is 5.11 Å². The van der Waals surface area contributed by atoms with E-state index in [-0.39, 0.29) is 6.10 Å². The summed E-state index contributed by atoms with van der Waals surface area (Å²) >= 11 is 0. The first-order valence-corrected chi connectivity index (χ1v) is 8.68. The Labute approximate surface area is 128 Å². The first-order valence-electron chi connectivity index (χ1n) is 8.68. The summed E-state index contributed by atoms with van der Waals surface area (Å²) in [5.41, 5.74) is 1.19. The van der Waals surface area contributed by atoms with Crippen LogP contribution in [0.4, 0.5) is 0 Å². The Kier molecular flexibility index (Phi) is 4.96. The maximum absolute atomic E-state index is 9.69. The molecule has 1 saturated carbocycles. The summed E-state index contributed by atoms with van der Waals surface area (Å²) in [4.78, 5) is 2.53. The van der Waals surface area contributed by atoms with Crippen LogP contribution in [0.2, 0.25) is 0 Å². The average Bonchev–Trinajstić information content (AvgIpc) is 3.11. The number of likely N-dealkylation sites (tertiary alicyclic amines) is 1. The molecule has 0 radical (unpaired) electrons. The van der Waals surface area contributed by atoms with Crippen LogP contribution in [0.3, 0.4) is 0 Å². The lowest BCUT2D eigenvalue weighted by atomic mass is 9.97. The van der Waals surface area contributed by atoms with Crippen LogP contribution in [0.15, 0.2) is 12.3 Å². The Bertz CT molecular complexity index is 437. The first kappa shape index (κ1) is 15.0. The van der Waals surface area contributed by atoms with Crippen molar-refractivity contribution in [2.45, 2.75) is 83.0 Å². The van der Waals surface area contributed by atoms with Crippen LogP contribution < -0.4 is 0 Å². The molecule has 4 heteroatoms. The Morgan fingerprint density at radius 2 is 2.00 bits per heavy atom. The maximum atomic E-state index is 9.69. The van der Waals surface area contributed by atoms with Gasteiger partial charge in [0.1, 0.15) is 0 Å². The van der Waals surface area contributed by atoms with Crippen molar-refractivity contribution >= 4 is 0 Å². The minimum atomic E-state index is -0.202. The molecular formula is C17H29N3O. The fraction of sp³-hybridized carbons (Fsp3) is 0.824. The molecule has 118 valence electrons. The quantitative estimate of drug-likeness (QED) is 0.906.